The average molecular weight is 471 g/mol. The molecule has 5 aromatic rings. The number of nitrogens with zero attached hydrogens (tertiary/aromatic N) is 7. The second-order valence-corrected chi connectivity index (χ2v) is 8.68. The zero-order valence-electron chi connectivity index (χ0n) is 18.2. The minimum absolute atomic E-state index is 0.0883. The number of hydrogen-bond acceptors (Lipinski definition) is 6. The summed E-state index contributed by atoms with van der Waals surface area (Å²) in [6.07, 6.45) is 6.47. The molecule has 0 radical (unpaired) electrons. The van der Waals surface area contributed by atoms with E-state index in [4.69, 9.17) is 16.6 Å². The molecule has 9 nitrogen and oxygen atoms in total. The highest BCUT2D eigenvalue weighted by molar-refractivity contribution is 6.31. The second kappa shape index (κ2) is 8.03. The number of halogens is 1. The lowest BCUT2D eigenvalue weighted by molar-refractivity contribution is 0.572. The van der Waals surface area contributed by atoms with Crippen LogP contribution in [0.3, 0.4) is 0 Å². The fraction of sp³-hybridized carbons (Fsp3) is 0.167. The number of hydrogen-bond donors (Lipinski definition) is 1. The predicted octanol–water partition coefficient (Wildman–Crippen LogP) is 3.77. The van der Waals surface area contributed by atoms with Gasteiger partial charge in [-0.2, -0.15) is 4.68 Å². The number of benzene rings is 1. The molecule has 168 valence electrons. The molecule has 1 atom stereocenters. The van der Waals surface area contributed by atoms with E-state index in [2.05, 4.69) is 31.6 Å². The molecule has 0 aliphatic carbocycles. The molecule has 6 rings (SSSR count). The molecule has 34 heavy (non-hydrogen) atoms. The van der Waals surface area contributed by atoms with Gasteiger partial charge >= 0.3 is 0 Å². The maximum Gasteiger partial charge on any atom is 0.252 e. The van der Waals surface area contributed by atoms with Gasteiger partial charge in [-0.1, -0.05) is 23.2 Å². The summed E-state index contributed by atoms with van der Waals surface area (Å²) in [5.74, 6) is 0.669. The molecule has 0 amide bonds. The average Bonchev–Trinajstić information content (AvgIpc) is 3.59. The number of nitrogens with one attached hydrogen (secondary N) is 1. The summed E-state index contributed by atoms with van der Waals surface area (Å²) in [7, 11) is 0. The van der Waals surface area contributed by atoms with E-state index in [0.717, 1.165) is 46.5 Å². The summed E-state index contributed by atoms with van der Waals surface area (Å²) in [5, 5.41) is 12.0. The van der Waals surface area contributed by atoms with Crippen LogP contribution in [0.2, 0.25) is 5.15 Å². The third-order valence-electron chi connectivity index (χ3n) is 6.12. The van der Waals surface area contributed by atoms with Crippen molar-refractivity contribution in [2.24, 2.45) is 0 Å². The number of fused-ring (bicyclic) bond motifs is 1. The highest BCUT2D eigenvalue weighted by atomic mass is 35.5. The molecule has 0 bridgehead atoms. The van der Waals surface area contributed by atoms with Crippen LogP contribution < -0.4 is 5.56 Å². The molecular weight excluding hydrogens is 452 g/mol. The van der Waals surface area contributed by atoms with E-state index in [1.807, 2.05) is 37.3 Å². The summed E-state index contributed by atoms with van der Waals surface area (Å²) < 4.78 is 3.41. The Balaban J connectivity index is 1.42. The van der Waals surface area contributed by atoms with Crippen molar-refractivity contribution in [2.45, 2.75) is 25.8 Å². The summed E-state index contributed by atoms with van der Waals surface area (Å²) >= 11 is 6.46. The van der Waals surface area contributed by atoms with Gasteiger partial charge in [0.25, 0.3) is 5.56 Å². The molecule has 1 aliphatic heterocycles. The molecule has 1 aliphatic rings. The Kier molecular flexibility index (Phi) is 4.84. The van der Waals surface area contributed by atoms with Crippen LogP contribution in [-0.4, -0.2) is 39.7 Å². The first-order valence-electron chi connectivity index (χ1n) is 10.8. The molecule has 10 heteroatoms. The standard InChI is InChI=1S/C24H19ClN8O/c1-14-4-6-19(32-13-27-30-31-32)18(9-14)16-10-17-5-7-20(33(17)21(34)11-16)24-28-22(23(25)29-24)15-3-2-8-26-12-15/h2-4,6,8-13,20H,5,7H2,1H3,(H,28,29)/t20-/m0/s1. The molecule has 0 saturated carbocycles. The number of H-pyrrole nitrogens is 1. The molecular formula is C24H19ClN8O. The van der Waals surface area contributed by atoms with Crippen LogP contribution in [0.15, 0.2) is 66.0 Å². The first-order valence-corrected chi connectivity index (χ1v) is 11.2. The van der Waals surface area contributed by atoms with Gasteiger partial charge in [-0.15, -0.1) is 5.10 Å². The van der Waals surface area contributed by atoms with Crippen LogP contribution in [0.1, 0.15) is 29.5 Å². The first kappa shape index (κ1) is 20.5. The Morgan fingerprint density at radius 3 is 2.85 bits per heavy atom. The summed E-state index contributed by atoms with van der Waals surface area (Å²) in [4.78, 5) is 25.4. The zero-order chi connectivity index (χ0) is 23.2. The maximum absolute atomic E-state index is 13.4. The Labute approximate surface area is 199 Å². The monoisotopic (exact) mass is 470 g/mol. The van der Waals surface area contributed by atoms with Crippen LogP contribution in [0, 0.1) is 6.92 Å². The van der Waals surface area contributed by atoms with E-state index in [0.29, 0.717) is 16.7 Å². The van der Waals surface area contributed by atoms with Gasteiger partial charge in [0.2, 0.25) is 0 Å². The van der Waals surface area contributed by atoms with Gasteiger partial charge in [0, 0.05) is 35.3 Å². The minimum Gasteiger partial charge on any atom is -0.331 e. The van der Waals surface area contributed by atoms with E-state index < -0.39 is 0 Å². The molecule has 0 unspecified atom stereocenters. The van der Waals surface area contributed by atoms with Crippen molar-refractivity contribution in [3.05, 3.63) is 93.8 Å². The zero-order valence-corrected chi connectivity index (χ0v) is 18.9. The van der Waals surface area contributed by atoms with Crippen molar-refractivity contribution in [1.29, 1.82) is 0 Å². The van der Waals surface area contributed by atoms with Crippen LogP contribution in [0.25, 0.3) is 28.1 Å². The normalized spacial score (nSPS) is 14.9. The summed E-state index contributed by atoms with van der Waals surface area (Å²) in [5.41, 5.74) is 5.95. The van der Waals surface area contributed by atoms with Crippen molar-refractivity contribution in [3.8, 4) is 28.1 Å². The largest absolute Gasteiger partial charge is 0.331 e. The molecule has 5 heterocycles. The van der Waals surface area contributed by atoms with Crippen LogP contribution >= 0.6 is 11.6 Å². The van der Waals surface area contributed by atoms with Gasteiger partial charge in [-0.25, -0.2) is 4.98 Å². The highest BCUT2D eigenvalue weighted by Gasteiger charge is 2.29. The Bertz CT molecular complexity index is 1560. The van der Waals surface area contributed by atoms with Gasteiger partial charge < -0.3 is 9.55 Å². The summed E-state index contributed by atoms with van der Waals surface area (Å²) in [6.45, 7) is 2.02. The van der Waals surface area contributed by atoms with E-state index in [1.54, 1.807) is 34.0 Å². The number of rotatable bonds is 4. The molecule has 0 spiro atoms. The Morgan fingerprint density at radius 1 is 1.15 bits per heavy atom. The molecule has 0 fully saturated rings. The first-order chi connectivity index (χ1) is 16.6. The van der Waals surface area contributed by atoms with E-state index >= 15 is 0 Å². The van der Waals surface area contributed by atoms with Gasteiger partial charge in [-0.3, -0.25) is 9.78 Å². The SMILES string of the molecule is Cc1ccc(-n2cnnn2)c(-c2cc3n(c(=O)c2)[C@H](c2nc(-c4cccnc4)c(Cl)[nH]2)CC3)c1. The smallest absolute Gasteiger partial charge is 0.252 e. The van der Waals surface area contributed by atoms with Crippen molar-refractivity contribution >= 4 is 11.6 Å². The van der Waals surface area contributed by atoms with Crippen molar-refractivity contribution < 1.29 is 0 Å². The second-order valence-electron chi connectivity index (χ2n) is 8.30. The van der Waals surface area contributed by atoms with Gasteiger partial charge in [-0.05, 0) is 66.1 Å². The van der Waals surface area contributed by atoms with Crippen molar-refractivity contribution in [2.75, 3.05) is 0 Å². The van der Waals surface area contributed by atoms with Crippen LogP contribution in [-0.2, 0) is 6.42 Å². The third kappa shape index (κ3) is 3.41. The van der Waals surface area contributed by atoms with E-state index in [1.165, 1.54) is 0 Å². The fourth-order valence-electron chi connectivity index (χ4n) is 4.58. The maximum atomic E-state index is 13.4. The Morgan fingerprint density at radius 2 is 2.06 bits per heavy atom. The lowest BCUT2D eigenvalue weighted by Crippen LogP contribution is -2.24. The molecule has 0 saturated heterocycles. The fourth-order valence-corrected chi connectivity index (χ4v) is 4.83. The van der Waals surface area contributed by atoms with Crippen LogP contribution in [0.4, 0.5) is 0 Å². The van der Waals surface area contributed by atoms with Gasteiger partial charge in [0.05, 0.1) is 11.7 Å². The molecule has 4 aromatic heterocycles. The topological polar surface area (TPSA) is 107 Å². The Hall–Kier alpha value is -4.11. The lowest BCUT2D eigenvalue weighted by atomic mass is 10.0. The number of aromatic amines is 1. The number of aromatic nitrogens is 8. The summed E-state index contributed by atoms with van der Waals surface area (Å²) in [6, 6.07) is 13.3. The highest BCUT2D eigenvalue weighted by Crippen LogP contribution is 2.35. The predicted molar refractivity (Wildman–Crippen MR) is 127 cm³/mol. The molecule has 1 N–H and O–H groups in total. The van der Waals surface area contributed by atoms with Crippen molar-refractivity contribution in [1.82, 2.24) is 39.7 Å². The van der Waals surface area contributed by atoms with Gasteiger partial charge in [0.15, 0.2) is 0 Å². The van der Waals surface area contributed by atoms with Crippen molar-refractivity contribution in [3.63, 3.8) is 0 Å². The quantitative estimate of drug-likeness (QED) is 0.428. The van der Waals surface area contributed by atoms with Gasteiger partial charge in [0.1, 0.15) is 23.0 Å². The molecule has 1 aromatic carbocycles. The van der Waals surface area contributed by atoms with E-state index in [-0.39, 0.29) is 11.6 Å². The number of pyridine rings is 2. The lowest BCUT2D eigenvalue weighted by Gasteiger charge is -2.15. The number of tetrazole rings is 1. The number of imidazole rings is 1. The van der Waals surface area contributed by atoms with Crippen LogP contribution in [0.5, 0.6) is 0 Å². The minimum atomic E-state index is -0.212. The van der Waals surface area contributed by atoms with E-state index in [9.17, 15) is 4.79 Å². The number of aryl methyl sites for hydroxylation is 2. The third-order valence-corrected chi connectivity index (χ3v) is 6.39.